The molecule has 2 aromatic rings. The molecule has 1 aromatic carbocycles. The number of carbonyl (C=O) groups is 2. The summed E-state index contributed by atoms with van der Waals surface area (Å²) >= 11 is 1.69. The second-order valence-corrected chi connectivity index (χ2v) is 6.22. The number of nitrogens with zero attached hydrogens (tertiary/aromatic N) is 1. The Hall–Kier alpha value is -2.34. The quantitative estimate of drug-likeness (QED) is 0.912. The van der Waals surface area contributed by atoms with Crippen LogP contribution in [0.15, 0.2) is 41.8 Å². The summed E-state index contributed by atoms with van der Waals surface area (Å²) in [7, 11) is 0. The van der Waals surface area contributed by atoms with Gasteiger partial charge in [-0.05, 0) is 48.6 Å². The van der Waals surface area contributed by atoms with Crippen molar-refractivity contribution >= 4 is 29.0 Å². The molecule has 0 aliphatic carbocycles. The Bertz CT molecular complexity index is 667. The van der Waals surface area contributed by atoms with E-state index in [1.165, 1.54) is 4.88 Å². The van der Waals surface area contributed by atoms with E-state index in [1.54, 1.807) is 35.6 Å². The Morgan fingerprint density at radius 1 is 1.23 bits per heavy atom. The molecule has 0 radical (unpaired) electrons. The number of hydrogen-bond acceptors (Lipinski definition) is 3. The van der Waals surface area contributed by atoms with E-state index >= 15 is 0 Å². The summed E-state index contributed by atoms with van der Waals surface area (Å²) in [5.74, 6) is 0.0292. The van der Waals surface area contributed by atoms with Crippen LogP contribution in [0.4, 0.5) is 10.5 Å². The molecule has 3 amide bonds. The fourth-order valence-corrected chi connectivity index (χ4v) is 3.66. The van der Waals surface area contributed by atoms with E-state index in [0.29, 0.717) is 11.3 Å². The van der Waals surface area contributed by atoms with E-state index in [-0.39, 0.29) is 11.9 Å². The maximum absolute atomic E-state index is 12.7. The number of rotatable bonds is 3. The number of amides is 3. The first-order chi connectivity index (χ1) is 10.6. The Morgan fingerprint density at radius 2 is 2.00 bits per heavy atom. The van der Waals surface area contributed by atoms with Gasteiger partial charge in [0.2, 0.25) is 0 Å². The molecule has 6 heteroatoms. The van der Waals surface area contributed by atoms with Crippen molar-refractivity contribution in [2.45, 2.75) is 18.9 Å². The third-order valence-corrected chi connectivity index (χ3v) is 4.76. The van der Waals surface area contributed by atoms with Gasteiger partial charge in [0, 0.05) is 22.7 Å². The van der Waals surface area contributed by atoms with Crippen LogP contribution >= 0.6 is 11.3 Å². The molecular formula is C16H17N3O2S. The van der Waals surface area contributed by atoms with Crippen molar-refractivity contribution < 1.29 is 9.59 Å². The third kappa shape index (κ3) is 2.96. The summed E-state index contributed by atoms with van der Waals surface area (Å²) < 4.78 is 0. The topological polar surface area (TPSA) is 75.4 Å². The molecule has 0 spiro atoms. The average Bonchev–Trinajstić information content (AvgIpc) is 3.17. The number of nitrogens with one attached hydrogen (secondary N) is 1. The minimum Gasteiger partial charge on any atom is -0.351 e. The summed E-state index contributed by atoms with van der Waals surface area (Å²) in [6.45, 7) is 0.780. The van der Waals surface area contributed by atoms with Gasteiger partial charge in [-0.3, -0.25) is 4.79 Å². The van der Waals surface area contributed by atoms with Crippen molar-refractivity contribution in [3.8, 4) is 0 Å². The van der Waals surface area contributed by atoms with Crippen molar-refractivity contribution in [2.24, 2.45) is 5.73 Å². The van der Waals surface area contributed by atoms with Crippen LogP contribution in [0, 0.1) is 0 Å². The predicted octanol–water partition coefficient (Wildman–Crippen LogP) is 3.22. The van der Waals surface area contributed by atoms with Crippen molar-refractivity contribution in [2.75, 3.05) is 11.9 Å². The standard InChI is InChI=1S/C16H17N3O2S/c17-16(21)18-12-7-5-11(6-8-12)15(20)19-9-1-3-13(19)14-4-2-10-22-14/h2,4-8,10,13H,1,3,9H2,(H3,17,18,21). The lowest BCUT2D eigenvalue weighted by Gasteiger charge is -2.24. The summed E-state index contributed by atoms with van der Waals surface area (Å²) in [6, 6.07) is 10.5. The average molecular weight is 315 g/mol. The highest BCUT2D eigenvalue weighted by Gasteiger charge is 2.31. The molecule has 1 aliphatic heterocycles. The number of nitrogens with two attached hydrogens (primary N) is 1. The van der Waals surface area contributed by atoms with E-state index in [0.717, 1.165) is 19.4 Å². The van der Waals surface area contributed by atoms with Crippen LogP contribution in [-0.4, -0.2) is 23.4 Å². The van der Waals surface area contributed by atoms with Crippen molar-refractivity contribution in [1.82, 2.24) is 4.90 Å². The number of hydrogen-bond donors (Lipinski definition) is 2. The van der Waals surface area contributed by atoms with Crippen molar-refractivity contribution in [1.29, 1.82) is 0 Å². The molecule has 1 saturated heterocycles. The largest absolute Gasteiger partial charge is 0.351 e. The molecule has 1 aromatic heterocycles. The highest BCUT2D eigenvalue weighted by atomic mass is 32.1. The number of urea groups is 1. The van der Waals surface area contributed by atoms with E-state index in [4.69, 9.17) is 5.73 Å². The second-order valence-electron chi connectivity index (χ2n) is 5.24. The highest BCUT2D eigenvalue weighted by molar-refractivity contribution is 7.10. The second kappa shape index (κ2) is 6.19. The van der Waals surface area contributed by atoms with Crippen LogP contribution in [0.2, 0.25) is 0 Å². The normalized spacial score (nSPS) is 17.5. The maximum atomic E-state index is 12.7. The number of likely N-dealkylation sites (tertiary alicyclic amines) is 1. The van der Waals surface area contributed by atoms with Crippen molar-refractivity contribution in [3.05, 3.63) is 52.2 Å². The lowest BCUT2D eigenvalue weighted by molar-refractivity contribution is 0.0738. The van der Waals surface area contributed by atoms with Crippen LogP contribution < -0.4 is 11.1 Å². The van der Waals surface area contributed by atoms with Gasteiger partial charge < -0.3 is 16.0 Å². The number of carbonyl (C=O) groups excluding carboxylic acids is 2. The molecule has 1 unspecified atom stereocenters. The SMILES string of the molecule is NC(=O)Nc1ccc(C(=O)N2CCCC2c2cccs2)cc1. The molecule has 2 heterocycles. The Labute approximate surface area is 132 Å². The van der Waals surface area contributed by atoms with Crippen LogP contribution in [0.25, 0.3) is 0 Å². The van der Waals surface area contributed by atoms with Gasteiger partial charge in [0.05, 0.1) is 6.04 Å². The van der Waals surface area contributed by atoms with E-state index in [1.807, 2.05) is 16.3 Å². The highest BCUT2D eigenvalue weighted by Crippen LogP contribution is 2.35. The smallest absolute Gasteiger partial charge is 0.316 e. The van der Waals surface area contributed by atoms with Crippen LogP contribution in [0.1, 0.15) is 34.1 Å². The van der Waals surface area contributed by atoms with Gasteiger partial charge in [0.25, 0.3) is 5.91 Å². The molecule has 114 valence electrons. The monoisotopic (exact) mass is 315 g/mol. The van der Waals surface area contributed by atoms with Gasteiger partial charge >= 0.3 is 6.03 Å². The van der Waals surface area contributed by atoms with Gasteiger partial charge in [0.15, 0.2) is 0 Å². The molecule has 22 heavy (non-hydrogen) atoms. The van der Waals surface area contributed by atoms with Gasteiger partial charge in [-0.25, -0.2) is 4.79 Å². The zero-order valence-corrected chi connectivity index (χ0v) is 12.8. The van der Waals surface area contributed by atoms with Gasteiger partial charge in [-0.15, -0.1) is 11.3 Å². The molecule has 1 atom stereocenters. The predicted molar refractivity (Wildman–Crippen MR) is 87.0 cm³/mol. The van der Waals surface area contributed by atoms with Gasteiger partial charge in [-0.2, -0.15) is 0 Å². The number of anilines is 1. The van der Waals surface area contributed by atoms with Crippen LogP contribution in [0.3, 0.4) is 0 Å². The lowest BCUT2D eigenvalue weighted by Crippen LogP contribution is -2.30. The number of primary amides is 1. The molecule has 0 bridgehead atoms. The zero-order chi connectivity index (χ0) is 15.5. The fraction of sp³-hybridized carbons (Fsp3) is 0.250. The number of benzene rings is 1. The molecular weight excluding hydrogens is 298 g/mol. The summed E-state index contributed by atoms with van der Waals surface area (Å²) in [5.41, 5.74) is 6.28. The molecule has 3 N–H and O–H groups in total. The molecule has 1 aliphatic rings. The fourth-order valence-electron chi connectivity index (χ4n) is 2.79. The van der Waals surface area contributed by atoms with Gasteiger partial charge in [-0.1, -0.05) is 6.07 Å². The minimum atomic E-state index is -0.614. The van der Waals surface area contributed by atoms with Crippen molar-refractivity contribution in [3.63, 3.8) is 0 Å². The van der Waals surface area contributed by atoms with Crippen LogP contribution in [-0.2, 0) is 0 Å². The summed E-state index contributed by atoms with van der Waals surface area (Å²) in [6.07, 6.45) is 2.03. The maximum Gasteiger partial charge on any atom is 0.316 e. The first-order valence-electron chi connectivity index (χ1n) is 7.16. The van der Waals surface area contributed by atoms with Crippen LogP contribution in [0.5, 0.6) is 0 Å². The third-order valence-electron chi connectivity index (χ3n) is 3.78. The zero-order valence-electron chi connectivity index (χ0n) is 12.0. The Kier molecular flexibility index (Phi) is 4.11. The van der Waals surface area contributed by atoms with Gasteiger partial charge in [0.1, 0.15) is 0 Å². The Balaban J connectivity index is 1.76. The minimum absolute atomic E-state index is 0.0292. The van der Waals surface area contributed by atoms with E-state index < -0.39 is 6.03 Å². The molecule has 1 fully saturated rings. The molecule has 5 nitrogen and oxygen atoms in total. The molecule has 3 rings (SSSR count). The van der Waals surface area contributed by atoms with E-state index in [9.17, 15) is 9.59 Å². The summed E-state index contributed by atoms with van der Waals surface area (Å²) in [4.78, 5) is 26.7. The first kappa shape index (κ1) is 14.6. The van der Waals surface area contributed by atoms with E-state index in [2.05, 4.69) is 11.4 Å². The first-order valence-corrected chi connectivity index (χ1v) is 8.04. The number of thiophene rings is 1. The summed E-state index contributed by atoms with van der Waals surface area (Å²) in [5, 5.41) is 4.53. The molecule has 0 saturated carbocycles. The Morgan fingerprint density at radius 3 is 2.64 bits per heavy atom. The lowest BCUT2D eigenvalue weighted by atomic mass is 10.1.